The van der Waals surface area contributed by atoms with Crippen molar-refractivity contribution in [2.45, 2.75) is 18.8 Å². The lowest BCUT2D eigenvalue weighted by Gasteiger charge is -2.19. The van der Waals surface area contributed by atoms with Gasteiger partial charge < -0.3 is 25.0 Å². The van der Waals surface area contributed by atoms with Gasteiger partial charge in [-0.25, -0.2) is 4.79 Å². The summed E-state index contributed by atoms with van der Waals surface area (Å²) >= 11 is 0. The van der Waals surface area contributed by atoms with E-state index in [1.54, 1.807) is 7.05 Å². The molecule has 6 nitrogen and oxygen atoms in total. The molecular formula is C14H17NO5. The van der Waals surface area contributed by atoms with Crippen LogP contribution in [0.3, 0.4) is 0 Å². The van der Waals surface area contributed by atoms with Crippen LogP contribution in [0.15, 0.2) is 41.9 Å². The van der Waals surface area contributed by atoms with E-state index in [-0.39, 0.29) is 18.9 Å². The Morgan fingerprint density at radius 2 is 2.10 bits per heavy atom. The third-order valence-electron chi connectivity index (χ3n) is 2.92. The third kappa shape index (κ3) is 3.09. The Kier molecular flexibility index (Phi) is 4.60. The Morgan fingerprint density at radius 1 is 1.40 bits per heavy atom. The highest BCUT2D eigenvalue weighted by molar-refractivity contribution is 5.89. The Labute approximate surface area is 116 Å². The number of benzene rings is 1. The Morgan fingerprint density at radius 3 is 2.75 bits per heavy atom. The van der Waals surface area contributed by atoms with Crippen molar-refractivity contribution in [3.05, 3.63) is 47.4 Å². The fourth-order valence-corrected chi connectivity index (χ4v) is 1.92. The maximum absolute atomic E-state index is 11.4. The summed E-state index contributed by atoms with van der Waals surface area (Å²) in [5, 5.41) is 22.3. The van der Waals surface area contributed by atoms with Crippen molar-refractivity contribution in [1.29, 1.82) is 0 Å². The first-order valence-electron chi connectivity index (χ1n) is 6.27. The average molecular weight is 279 g/mol. The van der Waals surface area contributed by atoms with Gasteiger partial charge in [-0.2, -0.15) is 0 Å². The number of aliphatic hydroxyl groups is 2. The topological polar surface area (TPSA) is 88.0 Å². The molecule has 2 atom stereocenters. The number of hydrogen-bond acceptors (Lipinski definition) is 6. The highest BCUT2D eigenvalue weighted by Gasteiger charge is 2.40. The largest absolute Gasteiger partial charge is 0.499 e. The third-order valence-corrected chi connectivity index (χ3v) is 2.92. The second-order valence-electron chi connectivity index (χ2n) is 4.44. The fourth-order valence-electron chi connectivity index (χ4n) is 1.92. The number of ether oxygens (including phenoxy) is 2. The van der Waals surface area contributed by atoms with Crippen molar-refractivity contribution in [3.63, 3.8) is 0 Å². The second-order valence-corrected chi connectivity index (χ2v) is 4.44. The maximum atomic E-state index is 11.4. The van der Waals surface area contributed by atoms with E-state index in [0.717, 1.165) is 5.56 Å². The Balaban J connectivity index is 2.07. The number of esters is 1. The van der Waals surface area contributed by atoms with Crippen molar-refractivity contribution in [1.82, 2.24) is 5.32 Å². The monoisotopic (exact) mass is 279 g/mol. The van der Waals surface area contributed by atoms with E-state index < -0.39 is 23.9 Å². The first-order chi connectivity index (χ1) is 9.63. The summed E-state index contributed by atoms with van der Waals surface area (Å²) in [5.74, 6) is -1.49. The SMILES string of the molecule is CNC[C@H](O)[C@H]1OC(=O)C(O)=C1OCc1ccccc1. The molecular weight excluding hydrogens is 262 g/mol. The van der Waals surface area contributed by atoms with Gasteiger partial charge in [0.1, 0.15) is 12.7 Å². The molecule has 0 fully saturated rings. The number of nitrogens with one attached hydrogen (secondary N) is 1. The standard InChI is InChI=1S/C14H17NO5/c1-15-7-10(16)12-13(11(17)14(18)20-12)19-8-9-5-3-2-4-6-9/h2-6,10,12,15-17H,7-8H2,1H3/t10-,12+/m0/s1. The summed E-state index contributed by atoms with van der Waals surface area (Å²) in [6.07, 6.45) is -1.97. The minimum absolute atomic E-state index is 0.0263. The van der Waals surface area contributed by atoms with Crippen molar-refractivity contribution >= 4 is 5.97 Å². The van der Waals surface area contributed by atoms with Crippen molar-refractivity contribution in [3.8, 4) is 0 Å². The van der Waals surface area contributed by atoms with E-state index in [1.165, 1.54) is 0 Å². The molecule has 108 valence electrons. The zero-order chi connectivity index (χ0) is 14.5. The second kappa shape index (κ2) is 6.40. The van der Waals surface area contributed by atoms with Crippen LogP contribution < -0.4 is 5.32 Å². The van der Waals surface area contributed by atoms with Crippen molar-refractivity contribution < 1.29 is 24.5 Å². The number of rotatable bonds is 6. The molecule has 1 aromatic carbocycles. The van der Waals surface area contributed by atoms with E-state index >= 15 is 0 Å². The predicted octanol–water partition coefficient (Wildman–Crippen LogP) is 0.478. The van der Waals surface area contributed by atoms with E-state index in [2.05, 4.69) is 5.32 Å². The van der Waals surface area contributed by atoms with Gasteiger partial charge >= 0.3 is 5.97 Å². The predicted molar refractivity (Wildman–Crippen MR) is 70.7 cm³/mol. The molecule has 0 saturated carbocycles. The molecule has 1 heterocycles. The van der Waals surface area contributed by atoms with Crippen LogP contribution in [-0.4, -0.2) is 42.0 Å². The van der Waals surface area contributed by atoms with Crippen LogP contribution >= 0.6 is 0 Å². The summed E-state index contributed by atoms with van der Waals surface area (Å²) in [6.45, 7) is 0.392. The molecule has 3 N–H and O–H groups in total. The van der Waals surface area contributed by atoms with Crippen LogP contribution in [0.5, 0.6) is 0 Å². The minimum Gasteiger partial charge on any atom is -0.499 e. The molecule has 0 radical (unpaired) electrons. The molecule has 0 bridgehead atoms. The van der Waals surface area contributed by atoms with E-state index in [0.29, 0.717) is 0 Å². The zero-order valence-corrected chi connectivity index (χ0v) is 11.1. The quantitative estimate of drug-likeness (QED) is 0.656. The van der Waals surface area contributed by atoms with Gasteiger partial charge in [0.2, 0.25) is 5.76 Å². The summed E-state index contributed by atoms with van der Waals surface area (Å²) in [4.78, 5) is 11.4. The van der Waals surface area contributed by atoms with Crippen LogP contribution in [-0.2, 0) is 20.9 Å². The van der Waals surface area contributed by atoms with E-state index in [1.807, 2.05) is 30.3 Å². The number of carbonyl (C=O) groups is 1. The van der Waals surface area contributed by atoms with Gasteiger partial charge in [0.15, 0.2) is 11.9 Å². The number of likely N-dealkylation sites (N-methyl/N-ethyl adjacent to an activating group) is 1. The Hall–Kier alpha value is -2.05. The highest BCUT2D eigenvalue weighted by Crippen LogP contribution is 2.25. The summed E-state index contributed by atoms with van der Waals surface area (Å²) in [6, 6.07) is 9.30. The van der Waals surface area contributed by atoms with Crippen LogP contribution in [0.4, 0.5) is 0 Å². The molecule has 6 heteroatoms. The highest BCUT2D eigenvalue weighted by atomic mass is 16.6. The molecule has 0 aromatic heterocycles. The molecule has 1 aliphatic heterocycles. The number of cyclic esters (lactones) is 1. The number of hydrogen-bond donors (Lipinski definition) is 3. The first kappa shape index (κ1) is 14.4. The van der Waals surface area contributed by atoms with Gasteiger partial charge in [-0.1, -0.05) is 30.3 Å². The smallest absolute Gasteiger partial charge is 0.378 e. The maximum Gasteiger partial charge on any atom is 0.378 e. The number of aliphatic hydroxyl groups excluding tert-OH is 2. The molecule has 0 unspecified atom stereocenters. The van der Waals surface area contributed by atoms with Crippen LogP contribution in [0, 0.1) is 0 Å². The molecule has 20 heavy (non-hydrogen) atoms. The molecule has 0 aliphatic carbocycles. The van der Waals surface area contributed by atoms with Gasteiger partial charge in [-0.3, -0.25) is 0 Å². The van der Waals surface area contributed by atoms with Gasteiger partial charge in [0.25, 0.3) is 0 Å². The van der Waals surface area contributed by atoms with E-state index in [9.17, 15) is 15.0 Å². The van der Waals surface area contributed by atoms with Gasteiger partial charge in [0.05, 0.1) is 0 Å². The fraction of sp³-hybridized carbons (Fsp3) is 0.357. The normalized spacial score (nSPS) is 19.9. The lowest BCUT2D eigenvalue weighted by molar-refractivity contribution is -0.146. The molecule has 1 aromatic rings. The zero-order valence-electron chi connectivity index (χ0n) is 11.1. The van der Waals surface area contributed by atoms with Gasteiger partial charge in [-0.15, -0.1) is 0 Å². The van der Waals surface area contributed by atoms with Crippen molar-refractivity contribution in [2.24, 2.45) is 0 Å². The lowest BCUT2D eigenvalue weighted by Crippen LogP contribution is -2.37. The first-order valence-corrected chi connectivity index (χ1v) is 6.27. The molecule has 0 amide bonds. The average Bonchev–Trinajstić information content (AvgIpc) is 2.74. The molecule has 2 rings (SSSR count). The molecule has 1 aliphatic rings. The molecule has 0 spiro atoms. The van der Waals surface area contributed by atoms with Crippen LogP contribution in [0.1, 0.15) is 5.56 Å². The van der Waals surface area contributed by atoms with E-state index in [4.69, 9.17) is 9.47 Å². The summed E-state index contributed by atoms with van der Waals surface area (Å²) in [7, 11) is 1.66. The lowest BCUT2D eigenvalue weighted by atomic mass is 10.1. The van der Waals surface area contributed by atoms with Crippen LogP contribution in [0.2, 0.25) is 0 Å². The summed E-state index contributed by atoms with van der Waals surface area (Å²) in [5.41, 5.74) is 0.883. The number of carbonyl (C=O) groups excluding carboxylic acids is 1. The minimum atomic E-state index is -0.987. The summed E-state index contributed by atoms with van der Waals surface area (Å²) < 4.78 is 10.4. The van der Waals surface area contributed by atoms with Crippen molar-refractivity contribution in [2.75, 3.05) is 13.6 Å². The Bertz CT molecular complexity index is 500. The van der Waals surface area contributed by atoms with Gasteiger partial charge in [0, 0.05) is 6.54 Å². The molecule has 0 saturated heterocycles. The van der Waals surface area contributed by atoms with Gasteiger partial charge in [-0.05, 0) is 12.6 Å². The van der Waals surface area contributed by atoms with Crippen LogP contribution in [0.25, 0.3) is 0 Å².